The third-order valence-electron chi connectivity index (χ3n) is 2.77. The fraction of sp³-hybridized carbons (Fsp3) is 0.167. The van der Waals surface area contributed by atoms with Crippen LogP contribution in [0.1, 0.15) is 21.6 Å². The third-order valence-corrected chi connectivity index (χ3v) is 3.55. The van der Waals surface area contributed by atoms with Gasteiger partial charge in [0.05, 0.1) is 21.2 Å². The number of hydrogen-bond acceptors (Lipinski definition) is 2. The molecule has 0 saturated carbocycles. The Morgan fingerprint density at radius 3 is 1.83 bits per heavy atom. The van der Waals surface area contributed by atoms with E-state index in [1.165, 1.54) is 0 Å². The highest BCUT2D eigenvalue weighted by atomic mass is 35.5. The van der Waals surface area contributed by atoms with Crippen molar-refractivity contribution in [2.24, 2.45) is 0 Å². The molecule has 0 unspecified atom stereocenters. The fourth-order valence-corrected chi connectivity index (χ4v) is 2.59. The van der Waals surface area contributed by atoms with Crippen molar-refractivity contribution in [3.05, 3.63) is 45.2 Å². The molecule has 0 radical (unpaired) electrons. The van der Waals surface area contributed by atoms with Crippen molar-refractivity contribution in [2.45, 2.75) is 12.4 Å². The molecule has 1 aromatic carbocycles. The first-order valence-corrected chi connectivity index (χ1v) is 6.89. The smallest absolute Gasteiger partial charge is 0.275 e. The first-order chi connectivity index (χ1) is 10.8. The molecule has 0 N–H and O–H groups in total. The van der Waals surface area contributed by atoms with Crippen LogP contribution in [-0.4, -0.2) is 15.0 Å². The molecule has 0 aliphatic carbocycles. The summed E-state index contributed by atoms with van der Waals surface area (Å²) in [4.78, 5) is 11.1. The summed E-state index contributed by atoms with van der Waals surface area (Å²) in [5.41, 5.74) is -4.26. The maximum atomic E-state index is 12.9. The maximum Gasteiger partial charge on any atom is 0.435 e. The van der Waals surface area contributed by atoms with Crippen LogP contribution in [0.5, 0.6) is 0 Å². The molecule has 2 aromatic rings. The van der Waals surface area contributed by atoms with E-state index in [-0.39, 0.29) is 0 Å². The van der Waals surface area contributed by atoms with Crippen molar-refractivity contribution in [1.82, 2.24) is 9.78 Å². The van der Waals surface area contributed by atoms with Crippen LogP contribution >= 0.6 is 34.8 Å². The monoisotopic (exact) mass is 410 g/mol. The number of rotatable bonds is 2. The zero-order valence-electron chi connectivity index (χ0n) is 10.9. The number of carbonyl (C=O) groups is 1. The highest BCUT2D eigenvalue weighted by Crippen LogP contribution is 2.39. The van der Waals surface area contributed by atoms with Crippen LogP contribution in [0.4, 0.5) is 26.3 Å². The predicted octanol–water partition coefficient (Wildman–Crippen LogP) is 5.60. The number of nitrogens with zero attached hydrogens (tertiary/aromatic N) is 2. The normalized spacial score (nSPS) is 12.5. The number of alkyl halides is 6. The van der Waals surface area contributed by atoms with E-state index in [1.807, 2.05) is 0 Å². The van der Waals surface area contributed by atoms with Gasteiger partial charge in [-0.3, -0.25) is 4.79 Å². The van der Waals surface area contributed by atoms with Crippen molar-refractivity contribution >= 4 is 40.0 Å². The minimum absolute atomic E-state index is 0.448. The molecule has 0 spiro atoms. The van der Waals surface area contributed by atoms with Crippen molar-refractivity contribution in [3.8, 4) is 5.69 Å². The molecule has 0 bridgehead atoms. The van der Waals surface area contributed by atoms with Gasteiger partial charge in [-0.2, -0.15) is 31.4 Å². The van der Waals surface area contributed by atoms with Gasteiger partial charge in [-0.25, -0.2) is 4.68 Å². The van der Waals surface area contributed by atoms with Crippen LogP contribution < -0.4 is 0 Å². The Balaban J connectivity index is 2.68. The average Bonchev–Trinajstić information content (AvgIpc) is 2.81. The van der Waals surface area contributed by atoms with E-state index in [1.54, 1.807) is 0 Å². The zero-order valence-corrected chi connectivity index (χ0v) is 13.2. The number of halogens is 9. The molecular formula is C12H3Cl3F6N2O. The molecule has 1 aromatic heterocycles. The standard InChI is InChI=1S/C12H3Cl3F6N2O/c13-6-1-4(11(16,17)18)2-7(14)8(6)23-3-5(10(15)24)9(22-23)12(19,20)21/h1-3H. The Hall–Kier alpha value is -1.45. The molecular weight excluding hydrogens is 408 g/mol. The van der Waals surface area contributed by atoms with Crippen molar-refractivity contribution in [3.63, 3.8) is 0 Å². The van der Waals surface area contributed by atoms with E-state index in [0.29, 0.717) is 23.0 Å². The van der Waals surface area contributed by atoms with E-state index in [9.17, 15) is 31.1 Å². The Morgan fingerprint density at radius 1 is 1.00 bits per heavy atom. The second-order valence-electron chi connectivity index (χ2n) is 4.39. The number of aromatic nitrogens is 2. The summed E-state index contributed by atoms with van der Waals surface area (Å²) in [6.45, 7) is 0. The first kappa shape index (κ1) is 18.9. The predicted molar refractivity (Wildman–Crippen MR) is 73.8 cm³/mol. The lowest BCUT2D eigenvalue weighted by Gasteiger charge is -2.12. The second kappa shape index (κ2) is 6.12. The van der Waals surface area contributed by atoms with Gasteiger partial charge in [0, 0.05) is 6.20 Å². The molecule has 0 saturated heterocycles. The fourth-order valence-electron chi connectivity index (χ4n) is 1.79. The van der Waals surface area contributed by atoms with Crippen LogP contribution in [0.3, 0.4) is 0 Å². The minimum atomic E-state index is -5.02. The number of benzene rings is 1. The second-order valence-corrected chi connectivity index (χ2v) is 5.55. The average molecular weight is 412 g/mol. The summed E-state index contributed by atoms with van der Waals surface area (Å²) in [7, 11) is 0. The Morgan fingerprint density at radius 2 is 1.50 bits per heavy atom. The van der Waals surface area contributed by atoms with Gasteiger partial charge in [0.1, 0.15) is 5.69 Å². The van der Waals surface area contributed by atoms with Gasteiger partial charge in [0.2, 0.25) is 0 Å². The summed E-state index contributed by atoms with van der Waals surface area (Å²) in [6.07, 6.45) is -9.20. The molecule has 24 heavy (non-hydrogen) atoms. The number of hydrogen-bond donors (Lipinski definition) is 0. The summed E-state index contributed by atoms with van der Waals surface area (Å²) in [5.74, 6) is 0. The molecule has 0 atom stereocenters. The molecule has 0 fully saturated rings. The van der Waals surface area contributed by atoms with E-state index in [4.69, 9.17) is 34.8 Å². The van der Waals surface area contributed by atoms with Crippen molar-refractivity contribution in [2.75, 3.05) is 0 Å². The largest absolute Gasteiger partial charge is 0.435 e. The zero-order chi connectivity index (χ0) is 18.4. The lowest BCUT2D eigenvalue weighted by atomic mass is 10.2. The Bertz CT molecular complexity index is 789. The molecule has 0 aliphatic rings. The van der Waals surface area contributed by atoms with Gasteiger partial charge in [-0.15, -0.1) is 0 Å². The quantitative estimate of drug-likeness (QED) is 0.477. The summed E-state index contributed by atoms with van der Waals surface area (Å²) in [6, 6.07) is 0.944. The third kappa shape index (κ3) is 3.62. The van der Waals surface area contributed by atoms with Gasteiger partial charge in [-0.1, -0.05) is 23.2 Å². The van der Waals surface area contributed by atoms with Gasteiger partial charge >= 0.3 is 12.4 Å². The van der Waals surface area contributed by atoms with E-state index in [0.717, 1.165) is 0 Å². The van der Waals surface area contributed by atoms with Crippen LogP contribution in [0.15, 0.2) is 18.3 Å². The van der Waals surface area contributed by atoms with E-state index in [2.05, 4.69) is 5.10 Å². The molecule has 2 rings (SSSR count). The number of carbonyl (C=O) groups excluding carboxylic acids is 1. The van der Waals surface area contributed by atoms with Gasteiger partial charge in [0.15, 0.2) is 5.69 Å². The topological polar surface area (TPSA) is 34.9 Å². The summed E-state index contributed by atoms with van der Waals surface area (Å²) >= 11 is 16.4. The molecule has 1 heterocycles. The molecule has 0 amide bonds. The molecule has 12 heteroatoms. The van der Waals surface area contributed by atoms with Crippen LogP contribution in [0.2, 0.25) is 10.0 Å². The van der Waals surface area contributed by atoms with Gasteiger partial charge in [-0.05, 0) is 23.7 Å². The van der Waals surface area contributed by atoms with E-state index >= 15 is 0 Å². The SMILES string of the molecule is O=C(Cl)c1cn(-c2c(Cl)cc(C(F)(F)F)cc2Cl)nc1C(F)(F)F. The maximum absolute atomic E-state index is 12.9. The van der Waals surface area contributed by atoms with Crippen molar-refractivity contribution in [1.29, 1.82) is 0 Å². The molecule has 3 nitrogen and oxygen atoms in total. The van der Waals surface area contributed by atoms with Crippen LogP contribution in [0, 0.1) is 0 Å². The lowest BCUT2D eigenvalue weighted by molar-refractivity contribution is -0.141. The Kier molecular flexibility index (Phi) is 4.82. The highest BCUT2D eigenvalue weighted by molar-refractivity contribution is 6.67. The minimum Gasteiger partial charge on any atom is -0.275 e. The summed E-state index contributed by atoms with van der Waals surface area (Å²) in [5, 5.41) is 0.449. The molecule has 0 aliphatic heterocycles. The van der Waals surface area contributed by atoms with Gasteiger partial charge < -0.3 is 0 Å². The highest BCUT2D eigenvalue weighted by Gasteiger charge is 2.39. The van der Waals surface area contributed by atoms with Crippen LogP contribution in [-0.2, 0) is 12.4 Å². The van der Waals surface area contributed by atoms with E-state index < -0.39 is 50.1 Å². The van der Waals surface area contributed by atoms with Gasteiger partial charge in [0.25, 0.3) is 5.24 Å². The Labute approximate surface area is 144 Å². The summed E-state index contributed by atoms with van der Waals surface area (Å²) < 4.78 is 77.0. The first-order valence-electron chi connectivity index (χ1n) is 5.75. The van der Waals surface area contributed by atoms with Crippen molar-refractivity contribution < 1.29 is 31.1 Å². The lowest BCUT2D eigenvalue weighted by Crippen LogP contribution is -2.11. The van der Waals surface area contributed by atoms with Crippen LogP contribution in [0.25, 0.3) is 5.69 Å². The molecule has 130 valence electrons.